The van der Waals surface area contributed by atoms with Crippen molar-refractivity contribution in [1.82, 2.24) is 15.2 Å². The van der Waals surface area contributed by atoms with Gasteiger partial charge in [0.05, 0.1) is 12.1 Å². The van der Waals surface area contributed by atoms with Gasteiger partial charge in [0.25, 0.3) is 11.5 Å². The van der Waals surface area contributed by atoms with Crippen LogP contribution in [0.1, 0.15) is 34.3 Å². The van der Waals surface area contributed by atoms with E-state index in [2.05, 4.69) is 10.6 Å². The molecular formula is C24H31N3O3. The topological polar surface area (TPSA) is 72.4 Å². The summed E-state index contributed by atoms with van der Waals surface area (Å²) in [5, 5.41) is 6.57. The van der Waals surface area contributed by atoms with Gasteiger partial charge >= 0.3 is 0 Å². The van der Waals surface area contributed by atoms with E-state index < -0.39 is 0 Å². The minimum absolute atomic E-state index is 0.0144. The number of hydrogen-bond donors (Lipinski definition) is 2. The first-order chi connectivity index (χ1) is 14.6. The van der Waals surface area contributed by atoms with E-state index in [1.807, 2.05) is 43.3 Å². The number of carbonyl (C=O) groups excluding carboxylic acids is 1. The van der Waals surface area contributed by atoms with E-state index in [4.69, 9.17) is 4.74 Å². The SMILES string of the molecule is CO[C@H]1C[C@@H]2CNC[C@@H]2C[C@@H]1NC(=O)c1c(C)ccn(CCc2ccccc2)c1=O. The molecular weight excluding hydrogens is 378 g/mol. The van der Waals surface area contributed by atoms with E-state index in [0.29, 0.717) is 23.9 Å². The second kappa shape index (κ2) is 9.14. The number of fused-ring (bicyclic) bond motifs is 1. The number of benzene rings is 1. The lowest BCUT2D eigenvalue weighted by atomic mass is 9.77. The number of amides is 1. The molecule has 0 unspecified atom stereocenters. The molecule has 1 aromatic heterocycles. The molecule has 2 N–H and O–H groups in total. The summed E-state index contributed by atoms with van der Waals surface area (Å²) in [7, 11) is 1.71. The summed E-state index contributed by atoms with van der Waals surface area (Å²) in [6.07, 6.45) is 4.34. The predicted molar refractivity (Wildman–Crippen MR) is 117 cm³/mol. The van der Waals surface area contributed by atoms with Crippen LogP contribution in [-0.2, 0) is 17.7 Å². The highest BCUT2D eigenvalue weighted by Gasteiger charge is 2.40. The van der Waals surface area contributed by atoms with Gasteiger partial charge in [-0.15, -0.1) is 0 Å². The normalized spacial score (nSPS) is 25.7. The summed E-state index contributed by atoms with van der Waals surface area (Å²) in [6.45, 7) is 4.38. The van der Waals surface area contributed by atoms with Crippen LogP contribution in [-0.4, -0.2) is 42.8 Å². The fourth-order valence-corrected chi connectivity index (χ4v) is 4.94. The fraction of sp³-hybridized carbons (Fsp3) is 0.500. The average molecular weight is 410 g/mol. The van der Waals surface area contributed by atoms with E-state index in [1.165, 1.54) is 5.56 Å². The van der Waals surface area contributed by atoms with Crippen molar-refractivity contribution < 1.29 is 9.53 Å². The Balaban J connectivity index is 1.49. The van der Waals surface area contributed by atoms with Gasteiger partial charge in [0.1, 0.15) is 5.56 Å². The zero-order valence-corrected chi connectivity index (χ0v) is 17.8. The van der Waals surface area contributed by atoms with Crippen LogP contribution in [0.4, 0.5) is 0 Å². The first kappa shape index (κ1) is 20.8. The Kier molecular flexibility index (Phi) is 6.35. The number of methoxy groups -OCH3 is 1. The number of aryl methyl sites for hydroxylation is 3. The van der Waals surface area contributed by atoms with Crippen LogP contribution in [0.15, 0.2) is 47.4 Å². The lowest BCUT2D eigenvalue weighted by molar-refractivity contribution is 0.0125. The number of carbonyl (C=O) groups is 1. The van der Waals surface area contributed by atoms with Crippen LogP contribution < -0.4 is 16.2 Å². The number of pyridine rings is 1. The Morgan fingerprint density at radius 3 is 2.63 bits per heavy atom. The van der Waals surface area contributed by atoms with Gasteiger partial charge in [0.2, 0.25) is 0 Å². The summed E-state index contributed by atoms with van der Waals surface area (Å²) < 4.78 is 7.33. The third kappa shape index (κ3) is 4.35. The molecule has 160 valence electrons. The maximum absolute atomic E-state index is 13.1. The van der Waals surface area contributed by atoms with Gasteiger partial charge < -0.3 is 19.9 Å². The van der Waals surface area contributed by atoms with E-state index in [1.54, 1.807) is 17.9 Å². The number of rotatable bonds is 6. The van der Waals surface area contributed by atoms with Crippen molar-refractivity contribution in [2.75, 3.05) is 20.2 Å². The van der Waals surface area contributed by atoms with Crippen molar-refractivity contribution in [3.8, 4) is 0 Å². The van der Waals surface area contributed by atoms with Crippen molar-refractivity contribution in [2.45, 2.75) is 44.9 Å². The lowest BCUT2D eigenvalue weighted by Crippen LogP contribution is -2.51. The number of nitrogens with one attached hydrogen (secondary N) is 2. The standard InChI is InChI=1S/C24H31N3O3/c1-16-8-10-27(11-9-17-6-4-3-5-7-17)24(29)22(16)23(28)26-20-12-18-14-25-15-19(18)13-21(20)30-2/h3-8,10,18-21,25H,9,11-15H2,1-2H3,(H,26,28)/t18-,19+,20-,21-/m0/s1. The minimum Gasteiger partial charge on any atom is -0.379 e. The van der Waals surface area contributed by atoms with Gasteiger partial charge in [-0.3, -0.25) is 9.59 Å². The molecule has 1 aliphatic carbocycles. The van der Waals surface area contributed by atoms with E-state index >= 15 is 0 Å². The predicted octanol–water partition coefficient (Wildman–Crippen LogP) is 2.14. The summed E-state index contributed by atoms with van der Waals surface area (Å²) in [5.41, 5.74) is 1.89. The Morgan fingerprint density at radius 2 is 1.90 bits per heavy atom. The summed E-state index contributed by atoms with van der Waals surface area (Å²) in [4.78, 5) is 26.2. The van der Waals surface area contributed by atoms with Crippen molar-refractivity contribution in [3.05, 3.63) is 69.6 Å². The highest BCUT2D eigenvalue weighted by Crippen LogP contribution is 2.34. The van der Waals surface area contributed by atoms with Crippen LogP contribution in [0.5, 0.6) is 0 Å². The quantitative estimate of drug-likeness (QED) is 0.767. The van der Waals surface area contributed by atoms with Crippen molar-refractivity contribution >= 4 is 5.91 Å². The molecule has 2 aromatic rings. The number of ether oxygens (including phenoxy) is 1. The molecule has 1 saturated carbocycles. The highest BCUT2D eigenvalue weighted by molar-refractivity contribution is 5.95. The Labute approximate surface area is 177 Å². The molecule has 30 heavy (non-hydrogen) atoms. The Hall–Kier alpha value is -2.44. The van der Waals surface area contributed by atoms with Crippen LogP contribution in [0, 0.1) is 18.8 Å². The fourth-order valence-electron chi connectivity index (χ4n) is 4.94. The molecule has 4 atom stereocenters. The average Bonchev–Trinajstić information content (AvgIpc) is 3.20. The molecule has 0 radical (unpaired) electrons. The molecule has 0 spiro atoms. The molecule has 1 saturated heterocycles. The maximum Gasteiger partial charge on any atom is 0.263 e. The van der Waals surface area contributed by atoms with Crippen LogP contribution in [0.25, 0.3) is 0 Å². The molecule has 6 nitrogen and oxygen atoms in total. The third-order valence-electron chi connectivity index (χ3n) is 6.72. The first-order valence-electron chi connectivity index (χ1n) is 10.8. The molecule has 6 heteroatoms. The van der Waals surface area contributed by atoms with Gasteiger partial charge in [-0.05, 0) is 68.3 Å². The summed E-state index contributed by atoms with van der Waals surface area (Å²) in [5.74, 6) is 0.876. The molecule has 2 fully saturated rings. The maximum atomic E-state index is 13.1. The zero-order valence-electron chi connectivity index (χ0n) is 17.8. The molecule has 1 aliphatic heterocycles. The smallest absolute Gasteiger partial charge is 0.263 e. The van der Waals surface area contributed by atoms with Crippen LogP contribution >= 0.6 is 0 Å². The molecule has 1 aromatic carbocycles. The van der Waals surface area contributed by atoms with Gasteiger partial charge in [-0.2, -0.15) is 0 Å². The van der Waals surface area contributed by atoms with Crippen LogP contribution in [0.3, 0.4) is 0 Å². The van der Waals surface area contributed by atoms with Crippen molar-refractivity contribution in [1.29, 1.82) is 0 Å². The molecule has 2 aliphatic rings. The highest BCUT2D eigenvalue weighted by atomic mass is 16.5. The number of hydrogen-bond acceptors (Lipinski definition) is 4. The minimum atomic E-state index is -0.289. The second-order valence-corrected chi connectivity index (χ2v) is 8.61. The number of aromatic nitrogens is 1. The lowest BCUT2D eigenvalue weighted by Gasteiger charge is -2.37. The van der Waals surface area contributed by atoms with Gasteiger partial charge in [0, 0.05) is 19.9 Å². The Bertz CT molecular complexity index is 940. The molecule has 2 heterocycles. The van der Waals surface area contributed by atoms with Gasteiger partial charge in [-0.25, -0.2) is 0 Å². The molecule has 0 bridgehead atoms. The van der Waals surface area contributed by atoms with Crippen molar-refractivity contribution in [3.63, 3.8) is 0 Å². The molecule has 1 amide bonds. The van der Waals surface area contributed by atoms with Crippen molar-refractivity contribution in [2.24, 2.45) is 11.8 Å². The van der Waals surface area contributed by atoms with Gasteiger partial charge in [-0.1, -0.05) is 30.3 Å². The monoisotopic (exact) mass is 409 g/mol. The summed E-state index contributed by atoms with van der Waals surface area (Å²) in [6, 6.07) is 11.8. The Morgan fingerprint density at radius 1 is 1.17 bits per heavy atom. The van der Waals surface area contributed by atoms with E-state index in [0.717, 1.165) is 32.4 Å². The largest absolute Gasteiger partial charge is 0.379 e. The summed E-state index contributed by atoms with van der Waals surface area (Å²) >= 11 is 0. The van der Waals surface area contributed by atoms with Gasteiger partial charge in [0.15, 0.2) is 0 Å². The third-order valence-corrected chi connectivity index (χ3v) is 6.72. The van der Waals surface area contributed by atoms with E-state index in [-0.39, 0.29) is 29.2 Å². The first-order valence-corrected chi connectivity index (χ1v) is 10.8. The number of nitrogens with zero attached hydrogens (tertiary/aromatic N) is 1. The second-order valence-electron chi connectivity index (χ2n) is 8.61. The van der Waals surface area contributed by atoms with E-state index in [9.17, 15) is 9.59 Å². The van der Waals surface area contributed by atoms with Crippen LogP contribution in [0.2, 0.25) is 0 Å². The molecule has 4 rings (SSSR count). The zero-order chi connectivity index (χ0) is 21.1.